The molecule has 0 aliphatic carbocycles. The molecule has 132 valence electrons. The van der Waals surface area contributed by atoms with Crippen LogP contribution in [0.4, 0.5) is 19.3 Å². The molecule has 3 rings (SSSR count). The van der Waals surface area contributed by atoms with Crippen LogP contribution in [0.1, 0.15) is 18.4 Å². The van der Waals surface area contributed by atoms with Crippen LogP contribution in [0.5, 0.6) is 0 Å². The Hall–Kier alpha value is -2.47. The maximum atomic E-state index is 13.6. The minimum atomic E-state index is -0.780. The molecule has 0 unspecified atom stereocenters. The summed E-state index contributed by atoms with van der Waals surface area (Å²) in [4.78, 5) is 13.5. The number of halogens is 2. The number of carbonyl (C=O) groups excluding carboxylic acids is 1. The molecule has 0 spiro atoms. The Morgan fingerprint density at radius 3 is 2.48 bits per heavy atom. The smallest absolute Gasteiger partial charge is 0.319 e. The molecule has 2 aromatic rings. The first-order valence-electron chi connectivity index (χ1n) is 8.50. The van der Waals surface area contributed by atoms with Crippen LogP contribution in [0.2, 0.25) is 0 Å². The van der Waals surface area contributed by atoms with E-state index in [-0.39, 0.29) is 11.7 Å². The second-order valence-corrected chi connectivity index (χ2v) is 6.41. The summed E-state index contributed by atoms with van der Waals surface area (Å²) in [5, 5.41) is 5.31. The van der Waals surface area contributed by atoms with Gasteiger partial charge in [0.1, 0.15) is 18.2 Å². The molecule has 3 N–H and O–H groups in total. The second kappa shape index (κ2) is 8.07. The van der Waals surface area contributed by atoms with Crippen molar-refractivity contribution in [1.29, 1.82) is 0 Å². The topological polar surface area (TPSA) is 45.6 Å². The molecular formula is C19H22F2N3O+. The molecule has 0 atom stereocenters. The largest absolute Gasteiger partial charge is 0.335 e. The molecule has 0 bridgehead atoms. The minimum absolute atomic E-state index is 0.0222. The Morgan fingerprint density at radius 1 is 1.08 bits per heavy atom. The summed E-state index contributed by atoms with van der Waals surface area (Å²) in [7, 11) is 0. The molecule has 1 aliphatic heterocycles. The highest BCUT2D eigenvalue weighted by Gasteiger charge is 2.23. The molecule has 2 aromatic carbocycles. The Balaban J connectivity index is 1.44. The van der Waals surface area contributed by atoms with Crippen molar-refractivity contribution in [3.63, 3.8) is 0 Å². The Morgan fingerprint density at radius 2 is 1.80 bits per heavy atom. The van der Waals surface area contributed by atoms with Crippen LogP contribution < -0.4 is 15.5 Å². The molecule has 1 fully saturated rings. The van der Waals surface area contributed by atoms with Gasteiger partial charge in [-0.15, -0.1) is 0 Å². The van der Waals surface area contributed by atoms with Crippen molar-refractivity contribution in [2.75, 3.05) is 18.4 Å². The van der Waals surface area contributed by atoms with Gasteiger partial charge in [0, 0.05) is 30.5 Å². The Bertz CT molecular complexity index is 716. The van der Waals surface area contributed by atoms with Gasteiger partial charge in [0.15, 0.2) is 0 Å². The van der Waals surface area contributed by atoms with Crippen molar-refractivity contribution in [2.45, 2.75) is 25.4 Å². The molecule has 0 aromatic heterocycles. The first-order chi connectivity index (χ1) is 12.1. The molecule has 1 saturated heterocycles. The summed E-state index contributed by atoms with van der Waals surface area (Å²) < 4.78 is 26.4. The number of urea groups is 1. The first-order valence-corrected chi connectivity index (χ1v) is 8.50. The SMILES string of the molecule is O=C(Nc1ccc(F)cc1F)NC1CC[NH+](Cc2ccccc2)CC1. The van der Waals surface area contributed by atoms with Crippen LogP contribution in [0.15, 0.2) is 48.5 Å². The molecule has 1 aliphatic rings. The lowest BCUT2D eigenvalue weighted by Gasteiger charge is -2.29. The monoisotopic (exact) mass is 346 g/mol. The van der Waals surface area contributed by atoms with E-state index in [9.17, 15) is 13.6 Å². The van der Waals surface area contributed by atoms with Gasteiger partial charge in [-0.2, -0.15) is 0 Å². The number of likely N-dealkylation sites (tertiary alicyclic amines) is 1. The predicted molar refractivity (Wildman–Crippen MR) is 92.4 cm³/mol. The molecule has 1 heterocycles. The quantitative estimate of drug-likeness (QED) is 0.782. The lowest BCUT2D eigenvalue weighted by atomic mass is 10.0. The Kier molecular flexibility index (Phi) is 5.60. The van der Waals surface area contributed by atoms with Gasteiger partial charge in [0.2, 0.25) is 0 Å². The van der Waals surface area contributed by atoms with E-state index in [2.05, 4.69) is 22.8 Å². The molecule has 4 nitrogen and oxygen atoms in total. The summed E-state index contributed by atoms with van der Waals surface area (Å²) >= 11 is 0. The third-order valence-corrected chi connectivity index (χ3v) is 4.50. The van der Waals surface area contributed by atoms with Crippen molar-refractivity contribution in [1.82, 2.24) is 5.32 Å². The number of rotatable bonds is 4. The van der Waals surface area contributed by atoms with Crippen LogP contribution in [-0.4, -0.2) is 25.2 Å². The van der Waals surface area contributed by atoms with Gasteiger partial charge in [0.25, 0.3) is 0 Å². The number of piperidine rings is 1. The molecule has 0 saturated carbocycles. The summed E-state index contributed by atoms with van der Waals surface area (Å²) in [6.07, 6.45) is 1.75. The van der Waals surface area contributed by atoms with E-state index in [1.807, 2.05) is 18.2 Å². The molecule has 25 heavy (non-hydrogen) atoms. The maximum absolute atomic E-state index is 13.6. The molecule has 0 radical (unpaired) electrons. The fourth-order valence-corrected chi connectivity index (χ4v) is 3.17. The summed E-state index contributed by atoms with van der Waals surface area (Å²) in [6.45, 7) is 2.94. The van der Waals surface area contributed by atoms with Crippen molar-refractivity contribution in [2.24, 2.45) is 0 Å². The van der Waals surface area contributed by atoms with Gasteiger partial charge >= 0.3 is 6.03 Å². The van der Waals surface area contributed by atoms with Crippen LogP contribution in [-0.2, 0) is 6.54 Å². The van der Waals surface area contributed by atoms with Crippen molar-refractivity contribution in [3.8, 4) is 0 Å². The number of hydrogen-bond donors (Lipinski definition) is 3. The van der Waals surface area contributed by atoms with Crippen LogP contribution in [0, 0.1) is 11.6 Å². The van der Waals surface area contributed by atoms with Gasteiger partial charge in [-0.3, -0.25) is 0 Å². The molecule has 2 amide bonds. The zero-order valence-electron chi connectivity index (χ0n) is 13.9. The first kappa shape index (κ1) is 17.4. The number of amides is 2. The van der Waals surface area contributed by atoms with Crippen LogP contribution >= 0.6 is 0 Å². The fraction of sp³-hybridized carbons (Fsp3) is 0.316. The van der Waals surface area contributed by atoms with Gasteiger partial charge < -0.3 is 15.5 Å². The summed E-state index contributed by atoms with van der Waals surface area (Å²) in [5.41, 5.74) is 1.29. The highest BCUT2D eigenvalue weighted by atomic mass is 19.1. The van der Waals surface area contributed by atoms with Gasteiger partial charge in [-0.25, -0.2) is 13.6 Å². The number of nitrogens with one attached hydrogen (secondary N) is 3. The standard InChI is InChI=1S/C19H21F2N3O/c20-15-6-7-18(17(21)12-15)23-19(25)22-16-8-10-24(11-9-16)13-14-4-2-1-3-5-14/h1-7,12,16H,8-11,13H2,(H2,22,23,25)/p+1. The van der Waals surface area contributed by atoms with Crippen molar-refractivity contribution in [3.05, 3.63) is 65.7 Å². The van der Waals surface area contributed by atoms with E-state index in [4.69, 9.17) is 0 Å². The number of carbonyl (C=O) groups is 1. The second-order valence-electron chi connectivity index (χ2n) is 6.41. The number of quaternary nitrogens is 1. The van der Waals surface area contributed by atoms with Crippen molar-refractivity contribution < 1.29 is 18.5 Å². The lowest BCUT2D eigenvalue weighted by Crippen LogP contribution is -3.12. The number of anilines is 1. The third kappa shape index (κ3) is 5.00. The highest BCUT2D eigenvalue weighted by Crippen LogP contribution is 2.14. The van der Waals surface area contributed by atoms with E-state index in [1.54, 1.807) is 0 Å². The fourth-order valence-electron chi connectivity index (χ4n) is 3.17. The van der Waals surface area contributed by atoms with E-state index < -0.39 is 17.7 Å². The maximum Gasteiger partial charge on any atom is 0.319 e. The summed E-state index contributed by atoms with van der Waals surface area (Å²) in [5.74, 6) is -1.45. The molecular weight excluding hydrogens is 324 g/mol. The zero-order chi connectivity index (χ0) is 17.6. The van der Waals surface area contributed by atoms with Crippen LogP contribution in [0.3, 0.4) is 0 Å². The lowest BCUT2D eigenvalue weighted by molar-refractivity contribution is -0.918. The van der Waals surface area contributed by atoms with Crippen molar-refractivity contribution >= 4 is 11.7 Å². The van der Waals surface area contributed by atoms with E-state index in [1.165, 1.54) is 16.5 Å². The highest BCUT2D eigenvalue weighted by molar-refractivity contribution is 5.89. The normalized spacial score (nSPS) is 20.1. The molecule has 6 heteroatoms. The average molecular weight is 346 g/mol. The van der Waals surface area contributed by atoms with E-state index in [0.717, 1.165) is 44.6 Å². The van der Waals surface area contributed by atoms with E-state index in [0.29, 0.717) is 0 Å². The predicted octanol–water partition coefficient (Wildman–Crippen LogP) is 2.33. The Labute approximate surface area is 145 Å². The zero-order valence-corrected chi connectivity index (χ0v) is 13.9. The number of benzene rings is 2. The number of hydrogen-bond acceptors (Lipinski definition) is 1. The third-order valence-electron chi connectivity index (χ3n) is 4.50. The average Bonchev–Trinajstić information content (AvgIpc) is 2.60. The minimum Gasteiger partial charge on any atom is -0.335 e. The van der Waals surface area contributed by atoms with Gasteiger partial charge in [-0.05, 0) is 12.1 Å². The van der Waals surface area contributed by atoms with E-state index >= 15 is 0 Å². The van der Waals surface area contributed by atoms with Gasteiger partial charge in [0.05, 0.1) is 18.8 Å². The summed E-state index contributed by atoms with van der Waals surface area (Å²) in [6, 6.07) is 13.1. The van der Waals surface area contributed by atoms with Crippen LogP contribution in [0.25, 0.3) is 0 Å². The van der Waals surface area contributed by atoms with Gasteiger partial charge in [-0.1, -0.05) is 30.3 Å².